The number of hydrogen-bond acceptors (Lipinski definition) is 7. The van der Waals surface area contributed by atoms with Crippen LogP contribution in [0, 0.1) is 12.8 Å². The minimum absolute atomic E-state index is 0.102. The Morgan fingerprint density at radius 1 is 1.22 bits per heavy atom. The molecule has 10 heteroatoms. The summed E-state index contributed by atoms with van der Waals surface area (Å²) in [7, 11) is 3.10. The Balaban J connectivity index is 1.42. The van der Waals surface area contributed by atoms with Gasteiger partial charge in [0, 0.05) is 25.1 Å². The van der Waals surface area contributed by atoms with Gasteiger partial charge >= 0.3 is 0 Å². The van der Waals surface area contributed by atoms with Crippen LogP contribution in [0.5, 0.6) is 11.5 Å². The van der Waals surface area contributed by atoms with E-state index in [4.69, 9.17) is 9.47 Å². The number of carbonyl (C=O) groups excluding carboxylic acids is 2. The number of nitrogens with zero attached hydrogens (tertiary/aromatic N) is 2. The number of H-pyrrole nitrogens is 1. The number of amides is 2. The number of thiophene rings is 1. The van der Waals surface area contributed by atoms with Gasteiger partial charge in [0.2, 0.25) is 5.91 Å². The number of aromatic amines is 1. The molecule has 1 aromatic carbocycles. The van der Waals surface area contributed by atoms with Crippen molar-refractivity contribution in [2.75, 3.05) is 32.6 Å². The van der Waals surface area contributed by atoms with Crippen LogP contribution in [0.25, 0.3) is 10.2 Å². The SMILES string of the molecule is COc1ccc(NC(=O)C2CCN(C(=O)c3sc4nc[nH]c(=O)c4c3C)CC2)c(OC)c1. The van der Waals surface area contributed by atoms with Crippen LogP contribution in [0.4, 0.5) is 5.69 Å². The molecule has 1 saturated heterocycles. The summed E-state index contributed by atoms with van der Waals surface area (Å²) in [5.74, 6) is 0.725. The van der Waals surface area contributed by atoms with Gasteiger partial charge in [-0.3, -0.25) is 14.4 Å². The molecule has 0 bridgehead atoms. The second-order valence-corrected chi connectivity index (χ2v) is 8.59. The van der Waals surface area contributed by atoms with Crippen LogP contribution in [0.15, 0.2) is 29.3 Å². The van der Waals surface area contributed by atoms with Crippen LogP contribution in [0.1, 0.15) is 28.1 Å². The molecule has 0 unspecified atom stereocenters. The molecule has 1 fully saturated rings. The van der Waals surface area contributed by atoms with E-state index in [0.29, 0.717) is 63.8 Å². The minimum atomic E-state index is -0.243. The normalized spacial score (nSPS) is 14.4. The number of piperidine rings is 1. The zero-order valence-electron chi connectivity index (χ0n) is 18.1. The largest absolute Gasteiger partial charge is 0.497 e. The van der Waals surface area contributed by atoms with Gasteiger partial charge in [-0.1, -0.05) is 0 Å². The summed E-state index contributed by atoms with van der Waals surface area (Å²) in [6.07, 6.45) is 2.45. The average Bonchev–Trinajstić information content (AvgIpc) is 3.16. The van der Waals surface area contributed by atoms with Gasteiger partial charge in [-0.05, 0) is 37.5 Å². The Morgan fingerprint density at radius 3 is 2.62 bits per heavy atom. The Hall–Kier alpha value is -3.40. The van der Waals surface area contributed by atoms with E-state index in [2.05, 4.69) is 15.3 Å². The van der Waals surface area contributed by atoms with E-state index in [0.717, 1.165) is 0 Å². The molecule has 2 amide bonds. The molecule has 1 aliphatic heterocycles. The maximum Gasteiger partial charge on any atom is 0.264 e. The first-order valence-electron chi connectivity index (χ1n) is 10.2. The van der Waals surface area contributed by atoms with Gasteiger partial charge in [0.05, 0.1) is 36.5 Å². The first kappa shape index (κ1) is 21.8. The fourth-order valence-corrected chi connectivity index (χ4v) is 5.03. The smallest absolute Gasteiger partial charge is 0.264 e. The molecule has 0 radical (unpaired) electrons. The molecule has 0 spiro atoms. The number of hydrogen-bond donors (Lipinski definition) is 2. The second kappa shape index (κ2) is 8.99. The van der Waals surface area contributed by atoms with Crippen molar-refractivity contribution in [2.45, 2.75) is 19.8 Å². The third kappa shape index (κ3) is 4.05. The molecule has 3 aromatic rings. The predicted octanol–water partition coefficient (Wildman–Crippen LogP) is 2.80. The predicted molar refractivity (Wildman–Crippen MR) is 122 cm³/mol. The number of ether oxygens (including phenoxy) is 2. The van der Waals surface area contributed by atoms with Gasteiger partial charge in [0.1, 0.15) is 16.3 Å². The van der Waals surface area contributed by atoms with E-state index in [1.807, 2.05) is 0 Å². The lowest BCUT2D eigenvalue weighted by Crippen LogP contribution is -2.41. The van der Waals surface area contributed by atoms with Gasteiger partial charge in [0.25, 0.3) is 11.5 Å². The van der Waals surface area contributed by atoms with E-state index >= 15 is 0 Å². The Bertz CT molecular complexity index is 1230. The first-order valence-corrected chi connectivity index (χ1v) is 11.0. The third-order valence-electron chi connectivity index (χ3n) is 5.75. The average molecular weight is 457 g/mol. The molecule has 0 atom stereocenters. The van der Waals surface area contributed by atoms with Gasteiger partial charge in [-0.2, -0.15) is 0 Å². The fourth-order valence-electron chi connectivity index (χ4n) is 3.91. The highest BCUT2D eigenvalue weighted by molar-refractivity contribution is 7.20. The monoisotopic (exact) mass is 456 g/mol. The minimum Gasteiger partial charge on any atom is -0.497 e. The molecule has 2 aromatic heterocycles. The van der Waals surface area contributed by atoms with Crippen molar-refractivity contribution >= 4 is 39.1 Å². The first-order chi connectivity index (χ1) is 15.4. The summed E-state index contributed by atoms with van der Waals surface area (Å²) in [6.45, 7) is 2.70. The van der Waals surface area contributed by atoms with Gasteiger partial charge < -0.3 is 24.7 Å². The molecule has 32 heavy (non-hydrogen) atoms. The summed E-state index contributed by atoms with van der Waals surface area (Å²) >= 11 is 1.23. The van der Waals surface area contributed by atoms with E-state index in [1.165, 1.54) is 24.8 Å². The van der Waals surface area contributed by atoms with E-state index < -0.39 is 0 Å². The summed E-state index contributed by atoms with van der Waals surface area (Å²) in [5.41, 5.74) is 0.985. The molecular formula is C22H24N4O5S. The number of rotatable bonds is 5. The second-order valence-electron chi connectivity index (χ2n) is 7.59. The van der Waals surface area contributed by atoms with E-state index in [-0.39, 0.29) is 23.3 Å². The van der Waals surface area contributed by atoms with Crippen molar-refractivity contribution in [3.05, 3.63) is 45.3 Å². The Morgan fingerprint density at radius 2 is 1.97 bits per heavy atom. The van der Waals surface area contributed by atoms with Gasteiger partial charge in [-0.25, -0.2) is 4.98 Å². The van der Waals surface area contributed by atoms with E-state index in [1.54, 1.807) is 37.1 Å². The lowest BCUT2D eigenvalue weighted by atomic mass is 9.95. The quantitative estimate of drug-likeness (QED) is 0.610. The molecular weight excluding hydrogens is 432 g/mol. The number of aryl methyl sites for hydroxylation is 1. The van der Waals surface area contributed by atoms with Crippen LogP contribution in [0.2, 0.25) is 0 Å². The maximum absolute atomic E-state index is 13.1. The summed E-state index contributed by atoms with van der Waals surface area (Å²) in [5, 5.41) is 3.39. The summed E-state index contributed by atoms with van der Waals surface area (Å²) in [4.78, 5) is 47.5. The number of nitrogens with one attached hydrogen (secondary N) is 2. The van der Waals surface area contributed by atoms with Crippen molar-refractivity contribution in [1.82, 2.24) is 14.9 Å². The summed E-state index contributed by atoms with van der Waals surface area (Å²) in [6, 6.07) is 5.21. The highest BCUT2D eigenvalue weighted by Crippen LogP contribution is 2.31. The van der Waals surface area contributed by atoms with Crippen molar-refractivity contribution in [2.24, 2.45) is 5.92 Å². The molecule has 1 aliphatic rings. The zero-order chi connectivity index (χ0) is 22.8. The van der Waals surface area contributed by atoms with Crippen LogP contribution < -0.4 is 20.3 Å². The molecule has 0 aliphatic carbocycles. The number of fused-ring (bicyclic) bond motifs is 1. The summed E-state index contributed by atoms with van der Waals surface area (Å²) < 4.78 is 10.5. The molecule has 168 valence electrons. The number of aromatic nitrogens is 2. The third-order valence-corrected chi connectivity index (χ3v) is 6.93. The Kier molecular flexibility index (Phi) is 6.13. The standard InChI is InChI=1S/C22H24N4O5S/c1-12-17-20(28)23-11-24-21(17)32-18(12)22(29)26-8-6-13(7-9-26)19(27)25-15-5-4-14(30-2)10-16(15)31-3/h4-5,10-11,13H,6-9H2,1-3H3,(H,25,27)(H,23,24,28). The highest BCUT2D eigenvalue weighted by atomic mass is 32.1. The van der Waals surface area contributed by atoms with E-state index in [9.17, 15) is 14.4 Å². The highest BCUT2D eigenvalue weighted by Gasteiger charge is 2.30. The number of methoxy groups -OCH3 is 2. The fraction of sp³-hybridized carbons (Fsp3) is 0.364. The number of likely N-dealkylation sites (tertiary alicyclic amines) is 1. The van der Waals surface area contributed by atoms with Crippen LogP contribution in [-0.4, -0.2) is 54.0 Å². The molecule has 4 rings (SSSR count). The van der Waals surface area contributed by atoms with Crippen LogP contribution in [-0.2, 0) is 4.79 Å². The van der Waals surface area contributed by atoms with Gasteiger partial charge in [-0.15, -0.1) is 11.3 Å². The van der Waals surface area contributed by atoms with Crippen molar-refractivity contribution in [1.29, 1.82) is 0 Å². The number of anilines is 1. The molecule has 2 N–H and O–H groups in total. The van der Waals surface area contributed by atoms with Gasteiger partial charge in [0.15, 0.2) is 0 Å². The molecule has 0 saturated carbocycles. The maximum atomic E-state index is 13.1. The number of benzene rings is 1. The van der Waals surface area contributed by atoms with Crippen LogP contribution >= 0.6 is 11.3 Å². The molecule has 3 heterocycles. The van der Waals surface area contributed by atoms with Crippen molar-refractivity contribution < 1.29 is 19.1 Å². The van der Waals surface area contributed by atoms with Crippen LogP contribution in [0.3, 0.4) is 0 Å². The Labute approximate surface area is 188 Å². The number of carbonyl (C=O) groups is 2. The topological polar surface area (TPSA) is 114 Å². The lowest BCUT2D eigenvalue weighted by Gasteiger charge is -2.31. The molecule has 9 nitrogen and oxygen atoms in total. The van der Waals surface area contributed by atoms with Crippen molar-refractivity contribution in [3.63, 3.8) is 0 Å². The van der Waals surface area contributed by atoms with Crippen molar-refractivity contribution in [3.8, 4) is 11.5 Å². The lowest BCUT2D eigenvalue weighted by molar-refractivity contribution is -0.121. The zero-order valence-corrected chi connectivity index (χ0v) is 18.9.